The first-order chi connectivity index (χ1) is 15.3. The van der Waals surface area contributed by atoms with Gasteiger partial charge in [0.25, 0.3) is 5.56 Å². The average Bonchev–Trinajstić information content (AvgIpc) is 3.02. The van der Waals surface area contributed by atoms with Gasteiger partial charge in [-0.15, -0.1) is 0 Å². The van der Waals surface area contributed by atoms with Crippen LogP contribution in [0.3, 0.4) is 0 Å². The number of fused-ring (bicyclic) bond motifs is 6. The number of thiazole rings is 1. The van der Waals surface area contributed by atoms with Gasteiger partial charge in [-0.3, -0.25) is 14.2 Å². The number of primary amides is 1. The quantitative estimate of drug-likeness (QED) is 0.646. The van der Waals surface area contributed by atoms with Crippen molar-refractivity contribution in [1.82, 2.24) is 4.57 Å². The van der Waals surface area contributed by atoms with Crippen molar-refractivity contribution < 1.29 is 23.0 Å². The van der Waals surface area contributed by atoms with Gasteiger partial charge in [-0.2, -0.15) is 8.78 Å². The smallest absolute Gasteiger partial charge is 0.387 e. The van der Waals surface area contributed by atoms with Crippen molar-refractivity contribution in [3.8, 4) is 11.5 Å². The van der Waals surface area contributed by atoms with Gasteiger partial charge in [0.05, 0.1) is 10.6 Å². The summed E-state index contributed by atoms with van der Waals surface area (Å²) >= 11 is 1.08. The first kappa shape index (κ1) is 20.4. The van der Waals surface area contributed by atoms with Crippen molar-refractivity contribution in [3.05, 3.63) is 79.3 Å². The number of carbonyl (C=O) groups is 1. The van der Waals surface area contributed by atoms with Crippen LogP contribution in [0.1, 0.15) is 24.1 Å². The van der Waals surface area contributed by atoms with Crippen molar-refractivity contribution in [1.29, 1.82) is 0 Å². The number of halogens is 2. The van der Waals surface area contributed by atoms with Crippen molar-refractivity contribution in [3.63, 3.8) is 0 Å². The van der Waals surface area contributed by atoms with E-state index in [4.69, 9.17) is 10.5 Å². The molecule has 10 heteroatoms. The van der Waals surface area contributed by atoms with Crippen molar-refractivity contribution in [2.24, 2.45) is 16.6 Å². The highest BCUT2D eigenvalue weighted by atomic mass is 32.1. The first-order valence-electron chi connectivity index (χ1n) is 9.72. The minimum atomic E-state index is -3.00. The Morgan fingerprint density at radius 3 is 2.75 bits per heavy atom. The van der Waals surface area contributed by atoms with Crippen molar-refractivity contribution in [2.75, 3.05) is 0 Å². The highest BCUT2D eigenvalue weighted by Crippen LogP contribution is 2.46. The van der Waals surface area contributed by atoms with Crippen LogP contribution in [0.15, 0.2) is 58.3 Å². The number of aromatic nitrogens is 1. The predicted molar refractivity (Wildman–Crippen MR) is 112 cm³/mol. The molecule has 0 spiro atoms. The molecule has 2 aromatic carbocycles. The Morgan fingerprint density at radius 1 is 1.28 bits per heavy atom. The normalized spacial score (nSPS) is 23.7. The van der Waals surface area contributed by atoms with Crippen LogP contribution in [-0.2, 0) is 4.79 Å². The molecule has 32 heavy (non-hydrogen) atoms. The summed E-state index contributed by atoms with van der Waals surface area (Å²) in [5.74, 6) is -1.07. The summed E-state index contributed by atoms with van der Waals surface area (Å²) in [6.07, 6.45) is 1.48. The lowest BCUT2D eigenvalue weighted by atomic mass is 9.81. The van der Waals surface area contributed by atoms with Gasteiger partial charge in [-0.05, 0) is 25.1 Å². The second kappa shape index (κ2) is 7.27. The molecule has 3 atom stereocenters. The lowest BCUT2D eigenvalue weighted by Crippen LogP contribution is -2.59. The molecule has 7 nitrogen and oxygen atoms in total. The molecule has 3 unspecified atom stereocenters. The molecule has 2 aliphatic rings. The maximum Gasteiger partial charge on any atom is 0.387 e. The number of rotatable bonds is 4. The van der Waals surface area contributed by atoms with Gasteiger partial charge in [0.15, 0.2) is 4.80 Å². The molecule has 1 aromatic heterocycles. The summed E-state index contributed by atoms with van der Waals surface area (Å²) in [6.45, 7) is -1.34. The van der Waals surface area contributed by atoms with E-state index in [1.165, 1.54) is 16.7 Å². The summed E-state index contributed by atoms with van der Waals surface area (Å²) in [7, 11) is 0. The lowest BCUT2D eigenvalue weighted by Gasteiger charge is -2.44. The SMILES string of the molecule is CC12N=c3s/c(=C\c4ccccc4OC(F)F)c(=O)n3C(c3ccccc3O1)C2C(N)=O. The number of nitrogens with zero attached hydrogens (tertiary/aromatic N) is 2. The van der Waals surface area contributed by atoms with Gasteiger partial charge in [0.2, 0.25) is 11.6 Å². The Morgan fingerprint density at radius 2 is 2.00 bits per heavy atom. The molecule has 0 fully saturated rings. The van der Waals surface area contributed by atoms with E-state index >= 15 is 0 Å². The highest BCUT2D eigenvalue weighted by molar-refractivity contribution is 7.07. The fraction of sp³-hybridized carbons (Fsp3) is 0.227. The van der Waals surface area contributed by atoms with E-state index in [0.29, 0.717) is 21.7 Å². The minimum absolute atomic E-state index is 0.0513. The first-order valence-corrected chi connectivity index (χ1v) is 10.5. The standard InChI is InChI=1S/C22H17F2N3O4S/c1-22-16(18(25)28)17(12-7-3-5-9-14(12)31-22)27-19(29)15(32-21(27)26-22)10-11-6-2-4-8-13(11)30-20(23)24/h2-10,16-17,20H,1H3,(H2,25,28)/b15-10-. The van der Waals surface area contributed by atoms with Crippen LogP contribution < -0.4 is 30.1 Å². The van der Waals surface area contributed by atoms with Crippen LogP contribution in [0.4, 0.5) is 8.78 Å². The molecule has 0 saturated carbocycles. The third-order valence-corrected chi connectivity index (χ3v) is 6.59. The van der Waals surface area contributed by atoms with E-state index < -0.39 is 35.8 Å². The summed E-state index contributed by atoms with van der Waals surface area (Å²) in [4.78, 5) is 30.8. The van der Waals surface area contributed by atoms with Crippen LogP contribution >= 0.6 is 11.3 Å². The molecule has 1 amide bonds. The largest absolute Gasteiger partial charge is 0.465 e. The summed E-state index contributed by atoms with van der Waals surface area (Å²) in [5.41, 5.74) is 5.00. The number of amides is 1. The average molecular weight is 457 g/mol. The molecule has 0 aliphatic carbocycles. The topological polar surface area (TPSA) is 95.9 Å². The molecular weight excluding hydrogens is 440 g/mol. The Bertz CT molecular complexity index is 1420. The fourth-order valence-corrected chi connectivity index (χ4v) is 5.41. The van der Waals surface area contributed by atoms with Crippen LogP contribution in [0.5, 0.6) is 11.5 Å². The molecule has 3 aromatic rings. The van der Waals surface area contributed by atoms with Gasteiger partial charge in [0.1, 0.15) is 17.4 Å². The second-order valence-electron chi connectivity index (χ2n) is 7.62. The number of hydrogen-bond donors (Lipinski definition) is 1. The van der Waals surface area contributed by atoms with E-state index in [2.05, 4.69) is 9.73 Å². The van der Waals surface area contributed by atoms with Crippen LogP contribution in [-0.4, -0.2) is 22.8 Å². The zero-order valence-electron chi connectivity index (χ0n) is 16.7. The zero-order chi connectivity index (χ0) is 22.6. The van der Waals surface area contributed by atoms with Crippen LogP contribution in [0.2, 0.25) is 0 Å². The second-order valence-corrected chi connectivity index (χ2v) is 8.63. The monoisotopic (exact) mass is 457 g/mol. The molecule has 2 N–H and O–H groups in total. The van der Waals surface area contributed by atoms with Gasteiger partial charge in [0, 0.05) is 11.1 Å². The number of benzene rings is 2. The van der Waals surface area contributed by atoms with E-state index in [1.807, 2.05) is 0 Å². The molecule has 5 rings (SSSR count). The number of alkyl halides is 2. The molecule has 2 aliphatic heterocycles. The van der Waals surface area contributed by atoms with Gasteiger partial charge < -0.3 is 15.2 Å². The molecular formula is C22H17F2N3O4S. The van der Waals surface area contributed by atoms with Gasteiger partial charge in [-0.25, -0.2) is 4.99 Å². The van der Waals surface area contributed by atoms with E-state index in [1.54, 1.807) is 49.4 Å². The summed E-state index contributed by atoms with van der Waals surface area (Å²) in [5, 5.41) is 0. The number of hydrogen-bond acceptors (Lipinski definition) is 6. The third-order valence-electron chi connectivity index (χ3n) is 5.61. The Kier molecular flexibility index (Phi) is 4.63. The van der Waals surface area contributed by atoms with Crippen LogP contribution in [0.25, 0.3) is 6.08 Å². The number of nitrogens with two attached hydrogens (primary N) is 1. The van der Waals surface area contributed by atoms with Crippen LogP contribution in [0, 0.1) is 5.92 Å². The molecule has 2 bridgehead atoms. The third kappa shape index (κ3) is 3.10. The Balaban J connectivity index is 1.76. The maximum absolute atomic E-state index is 13.4. The maximum atomic E-state index is 13.4. The fourth-order valence-electron chi connectivity index (χ4n) is 4.32. The Labute approximate surface area is 184 Å². The van der Waals surface area contributed by atoms with E-state index in [0.717, 1.165) is 11.3 Å². The lowest BCUT2D eigenvalue weighted by molar-refractivity contribution is -0.133. The molecule has 0 radical (unpaired) electrons. The number of ether oxygens (including phenoxy) is 2. The predicted octanol–water partition coefficient (Wildman–Crippen LogP) is 1.77. The molecule has 164 valence electrons. The number of para-hydroxylation sites is 2. The van der Waals surface area contributed by atoms with Crippen molar-refractivity contribution in [2.45, 2.75) is 25.3 Å². The Hall–Kier alpha value is -3.53. The van der Waals surface area contributed by atoms with E-state index in [9.17, 15) is 18.4 Å². The summed E-state index contributed by atoms with van der Waals surface area (Å²) in [6, 6.07) is 12.6. The highest BCUT2D eigenvalue weighted by Gasteiger charge is 2.54. The zero-order valence-corrected chi connectivity index (χ0v) is 17.5. The summed E-state index contributed by atoms with van der Waals surface area (Å²) < 4.78 is 37.9. The molecule has 3 heterocycles. The minimum Gasteiger partial charge on any atom is -0.465 e. The van der Waals surface area contributed by atoms with E-state index in [-0.39, 0.29) is 10.3 Å². The van der Waals surface area contributed by atoms with Gasteiger partial charge >= 0.3 is 6.61 Å². The van der Waals surface area contributed by atoms with Crippen molar-refractivity contribution >= 4 is 23.3 Å². The van der Waals surface area contributed by atoms with Gasteiger partial charge in [-0.1, -0.05) is 47.7 Å². The molecule has 0 saturated heterocycles. The number of carbonyl (C=O) groups excluding carboxylic acids is 1.